The highest BCUT2D eigenvalue weighted by molar-refractivity contribution is 5.98. The summed E-state index contributed by atoms with van der Waals surface area (Å²) >= 11 is 0. The van der Waals surface area contributed by atoms with Crippen molar-refractivity contribution in [3.8, 4) is 0 Å². The number of nitrogens with one attached hydrogen (secondary N) is 2. The highest BCUT2D eigenvalue weighted by Crippen LogP contribution is 2.22. The summed E-state index contributed by atoms with van der Waals surface area (Å²) < 4.78 is 26.0. The molecule has 0 saturated heterocycles. The first-order valence-electron chi connectivity index (χ1n) is 5.25. The number of aromatic nitrogens is 3. The molecule has 0 bridgehead atoms. The first-order chi connectivity index (χ1) is 9.49. The average Bonchev–Trinajstić information content (AvgIpc) is 2.91. The summed E-state index contributed by atoms with van der Waals surface area (Å²) in [4.78, 5) is 25.2. The number of halogens is 2. The molecule has 2 rings (SSSR count). The number of rotatable bonds is 4. The number of aromatic amines is 1. The first-order valence-corrected chi connectivity index (χ1v) is 5.25. The third-order valence-corrected chi connectivity index (χ3v) is 2.36. The summed E-state index contributed by atoms with van der Waals surface area (Å²) in [5.74, 6) is -3.36. The van der Waals surface area contributed by atoms with Crippen LogP contribution in [0.25, 0.3) is 0 Å². The average molecular weight is 283 g/mol. The van der Waals surface area contributed by atoms with Crippen molar-refractivity contribution in [1.82, 2.24) is 20.5 Å². The Labute approximate surface area is 110 Å². The van der Waals surface area contributed by atoms with E-state index in [9.17, 15) is 23.7 Å². The van der Waals surface area contributed by atoms with Crippen LogP contribution in [-0.4, -0.2) is 26.0 Å². The van der Waals surface area contributed by atoms with E-state index in [1.54, 1.807) is 0 Å². The zero-order valence-corrected chi connectivity index (χ0v) is 9.76. The molecule has 0 spiro atoms. The van der Waals surface area contributed by atoms with E-state index in [4.69, 9.17) is 0 Å². The van der Waals surface area contributed by atoms with Crippen LogP contribution in [0, 0.1) is 21.7 Å². The molecule has 0 atom stereocenters. The molecule has 0 aliphatic rings. The van der Waals surface area contributed by atoms with Crippen LogP contribution in [0.2, 0.25) is 0 Å². The number of nitro benzene ring substituents is 1. The number of carbonyl (C=O) groups excluding carboxylic acids is 1. The van der Waals surface area contributed by atoms with E-state index in [1.165, 1.54) is 6.33 Å². The monoisotopic (exact) mass is 283 g/mol. The highest BCUT2D eigenvalue weighted by Gasteiger charge is 2.23. The summed E-state index contributed by atoms with van der Waals surface area (Å²) in [5, 5.41) is 19.0. The second-order valence-corrected chi connectivity index (χ2v) is 3.66. The Bertz CT molecular complexity index is 659. The maximum Gasteiger partial charge on any atom is 0.285 e. The standard InChI is InChI=1S/C10H7F2N5O3/c11-6-1-5(8(17(19)20)2-7(6)12)10(18)13-3-9-14-4-15-16-9/h1-2,4H,3H2,(H,13,18)(H,14,15,16). The molecule has 0 aliphatic carbocycles. The number of nitrogens with zero attached hydrogens (tertiary/aromatic N) is 3. The van der Waals surface area contributed by atoms with Crippen molar-refractivity contribution in [3.05, 3.63) is 51.6 Å². The fourth-order valence-corrected chi connectivity index (χ4v) is 1.44. The highest BCUT2D eigenvalue weighted by atomic mass is 19.2. The van der Waals surface area contributed by atoms with E-state index in [2.05, 4.69) is 20.5 Å². The van der Waals surface area contributed by atoms with Crippen LogP contribution < -0.4 is 5.32 Å². The van der Waals surface area contributed by atoms with Gasteiger partial charge in [-0.1, -0.05) is 0 Å². The summed E-state index contributed by atoms with van der Waals surface area (Å²) in [6, 6.07) is 0.835. The van der Waals surface area contributed by atoms with Gasteiger partial charge >= 0.3 is 0 Å². The number of hydrogen-bond acceptors (Lipinski definition) is 5. The van der Waals surface area contributed by atoms with E-state index in [0.29, 0.717) is 18.0 Å². The van der Waals surface area contributed by atoms with Gasteiger partial charge in [0.2, 0.25) is 0 Å². The molecule has 1 aromatic carbocycles. The van der Waals surface area contributed by atoms with Crippen LogP contribution in [-0.2, 0) is 6.54 Å². The number of amides is 1. The quantitative estimate of drug-likeness (QED) is 0.639. The Morgan fingerprint density at radius 3 is 2.70 bits per heavy atom. The van der Waals surface area contributed by atoms with Crippen molar-refractivity contribution in [2.45, 2.75) is 6.54 Å². The molecule has 2 aromatic rings. The number of H-pyrrole nitrogens is 1. The van der Waals surface area contributed by atoms with Gasteiger partial charge in [-0.25, -0.2) is 13.8 Å². The van der Waals surface area contributed by atoms with E-state index in [0.717, 1.165) is 0 Å². The number of carbonyl (C=O) groups is 1. The summed E-state index contributed by atoms with van der Waals surface area (Å²) in [5.41, 5.74) is -1.40. The zero-order valence-electron chi connectivity index (χ0n) is 9.76. The molecule has 1 heterocycles. The molecular weight excluding hydrogens is 276 g/mol. The van der Waals surface area contributed by atoms with Gasteiger partial charge in [0.25, 0.3) is 11.6 Å². The Balaban J connectivity index is 2.24. The van der Waals surface area contributed by atoms with Gasteiger partial charge in [0.15, 0.2) is 11.6 Å². The molecule has 1 aromatic heterocycles. The zero-order chi connectivity index (χ0) is 14.7. The van der Waals surface area contributed by atoms with Crippen LogP contribution in [0.3, 0.4) is 0 Å². The fourth-order valence-electron chi connectivity index (χ4n) is 1.44. The van der Waals surface area contributed by atoms with Crippen LogP contribution in [0.1, 0.15) is 16.2 Å². The molecule has 2 N–H and O–H groups in total. The van der Waals surface area contributed by atoms with E-state index in [1.807, 2.05) is 0 Å². The van der Waals surface area contributed by atoms with Crippen molar-refractivity contribution in [2.75, 3.05) is 0 Å². The van der Waals surface area contributed by atoms with Crippen LogP contribution >= 0.6 is 0 Å². The van der Waals surface area contributed by atoms with Crippen molar-refractivity contribution in [2.24, 2.45) is 0 Å². The maximum atomic E-state index is 13.1. The predicted octanol–water partition coefficient (Wildman–Crippen LogP) is 0.921. The van der Waals surface area contributed by atoms with Gasteiger partial charge in [-0.3, -0.25) is 20.0 Å². The molecule has 10 heteroatoms. The Morgan fingerprint density at radius 2 is 2.10 bits per heavy atom. The summed E-state index contributed by atoms with van der Waals surface area (Å²) in [7, 11) is 0. The van der Waals surface area contributed by atoms with Gasteiger partial charge in [0.05, 0.1) is 17.5 Å². The smallest absolute Gasteiger partial charge is 0.285 e. The lowest BCUT2D eigenvalue weighted by molar-refractivity contribution is -0.385. The lowest BCUT2D eigenvalue weighted by Gasteiger charge is -2.05. The minimum Gasteiger partial charge on any atom is -0.345 e. The second-order valence-electron chi connectivity index (χ2n) is 3.66. The van der Waals surface area contributed by atoms with Gasteiger partial charge in [0.1, 0.15) is 17.7 Å². The second kappa shape index (κ2) is 5.38. The SMILES string of the molecule is O=C(NCc1ncn[nH]1)c1cc(F)c(F)cc1[N+](=O)[O-]. The molecule has 0 radical (unpaired) electrons. The molecule has 20 heavy (non-hydrogen) atoms. The summed E-state index contributed by atoms with van der Waals surface area (Å²) in [6.07, 6.45) is 1.21. The molecule has 0 unspecified atom stereocenters. The van der Waals surface area contributed by atoms with Crippen LogP contribution in [0.4, 0.5) is 14.5 Å². The molecule has 8 nitrogen and oxygen atoms in total. The first kappa shape index (κ1) is 13.5. The largest absolute Gasteiger partial charge is 0.345 e. The molecular formula is C10H7F2N5O3. The van der Waals surface area contributed by atoms with Crippen LogP contribution in [0.15, 0.2) is 18.5 Å². The van der Waals surface area contributed by atoms with Crippen LogP contribution in [0.5, 0.6) is 0 Å². The Kier molecular flexibility index (Phi) is 3.64. The lowest BCUT2D eigenvalue weighted by atomic mass is 10.1. The molecule has 0 aliphatic heterocycles. The number of benzene rings is 1. The van der Waals surface area contributed by atoms with Gasteiger partial charge in [-0.15, -0.1) is 0 Å². The van der Waals surface area contributed by atoms with E-state index in [-0.39, 0.29) is 6.54 Å². The van der Waals surface area contributed by atoms with Gasteiger partial charge in [-0.05, 0) is 6.07 Å². The fraction of sp³-hybridized carbons (Fsp3) is 0.100. The maximum absolute atomic E-state index is 13.1. The third-order valence-electron chi connectivity index (χ3n) is 2.36. The van der Waals surface area contributed by atoms with Gasteiger partial charge in [0, 0.05) is 0 Å². The normalized spacial score (nSPS) is 10.3. The summed E-state index contributed by atoms with van der Waals surface area (Å²) in [6.45, 7) is -0.0883. The molecule has 1 amide bonds. The predicted molar refractivity (Wildman–Crippen MR) is 60.6 cm³/mol. The van der Waals surface area contributed by atoms with Gasteiger partial charge in [-0.2, -0.15) is 5.10 Å². The minimum absolute atomic E-state index is 0.0883. The molecule has 104 valence electrons. The third kappa shape index (κ3) is 2.74. The molecule has 0 saturated carbocycles. The Hall–Kier alpha value is -2.91. The lowest BCUT2D eigenvalue weighted by Crippen LogP contribution is -2.24. The minimum atomic E-state index is -1.40. The van der Waals surface area contributed by atoms with Crippen molar-refractivity contribution < 1.29 is 18.5 Å². The molecule has 0 fully saturated rings. The Morgan fingerprint density at radius 1 is 1.40 bits per heavy atom. The number of hydrogen-bond donors (Lipinski definition) is 2. The van der Waals surface area contributed by atoms with Crippen molar-refractivity contribution in [1.29, 1.82) is 0 Å². The number of nitro groups is 1. The van der Waals surface area contributed by atoms with Crippen molar-refractivity contribution in [3.63, 3.8) is 0 Å². The van der Waals surface area contributed by atoms with Gasteiger partial charge < -0.3 is 5.32 Å². The van der Waals surface area contributed by atoms with E-state index < -0.39 is 33.7 Å². The topological polar surface area (TPSA) is 114 Å². The van der Waals surface area contributed by atoms with E-state index >= 15 is 0 Å². The van der Waals surface area contributed by atoms with Crippen molar-refractivity contribution >= 4 is 11.6 Å².